The molecular formula is C24H23NO3S. The Morgan fingerprint density at radius 2 is 1.76 bits per heavy atom. The van der Waals surface area contributed by atoms with Gasteiger partial charge in [-0.05, 0) is 47.7 Å². The largest absolute Gasteiger partial charge is 0.493 e. The van der Waals surface area contributed by atoms with Gasteiger partial charge in [0, 0.05) is 24.7 Å². The van der Waals surface area contributed by atoms with Crippen molar-refractivity contribution in [3.05, 3.63) is 89.0 Å². The van der Waals surface area contributed by atoms with E-state index in [1.54, 1.807) is 7.11 Å². The van der Waals surface area contributed by atoms with Crippen LogP contribution in [0.4, 0.5) is 0 Å². The molecule has 29 heavy (non-hydrogen) atoms. The topological polar surface area (TPSA) is 38.8 Å². The van der Waals surface area contributed by atoms with Crippen molar-refractivity contribution in [2.75, 3.05) is 13.7 Å². The van der Waals surface area contributed by atoms with Crippen molar-refractivity contribution >= 4 is 11.1 Å². The van der Waals surface area contributed by atoms with E-state index in [1.807, 2.05) is 36.4 Å². The Morgan fingerprint density at radius 3 is 2.59 bits per heavy atom. The van der Waals surface area contributed by atoms with Gasteiger partial charge in [0.1, 0.15) is 0 Å². The predicted octanol–water partition coefficient (Wildman–Crippen LogP) is 4.45. The number of fused-ring (bicyclic) bond motifs is 4. The molecule has 2 aliphatic rings. The summed E-state index contributed by atoms with van der Waals surface area (Å²) < 4.78 is 24.4. The van der Waals surface area contributed by atoms with Crippen LogP contribution in [-0.4, -0.2) is 22.8 Å². The van der Waals surface area contributed by atoms with Gasteiger partial charge in [0.2, 0.25) is 11.1 Å². The zero-order chi connectivity index (χ0) is 19.8. The van der Waals surface area contributed by atoms with E-state index in [0.29, 0.717) is 22.4 Å². The van der Waals surface area contributed by atoms with Crippen LogP contribution in [0.3, 0.4) is 0 Å². The minimum Gasteiger partial charge on any atom is -0.493 e. The molecule has 2 heterocycles. The normalized spacial score (nSPS) is 18.9. The quantitative estimate of drug-likeness (QED) is 0.643. The number of rotatable bonds is 4. The third-order valence-electron chi connectivity index (χ3n) is 5.93. The van der Waals surface area contributed by atoms with Crippen molar-refractivity contribution in [3.8, 4) is 11.5 Å². The molecule has 0 amide bonds. The summed E-state index contributed by atoms with van der Waals surface area (Å²) in [7, 11) is 1.63. The molecule has 2 atom stereocenters. The second-order valence-electron chi connectivity index (χ2n) is 7.50. The summed E-state index contributed by atoms with van der Waals surface area (Å²) >= 11 is -1.59. The molecule has 0 radical (unpaired) electrons. The lowest BCUT2D eigenvalue weighted by Gasteiger charge is -2.41. The van der Waals surface area contributed by atoms with Crippen molar-refractivity contribution in [3.63, 3.8) is 0 Å². The van der Waals surface area contributed by atoms with Crippen LogP contribution in [0.2, 0.25) is 0 Å². The maximum atomic E-state index is 12.8. The first kappa shape index (κ1) is 18.4. The molecule has 0 aliphatic carbocycles. The van der Waals surface area contributed by atoms with Gasteiger partial charge in [0.15, 0.2) is 11.5 Å². The maximum absolute atomic E-state index is 12.8. The van der Waals surface area contributed by atoms with Gasteiger partial charge >= 0.3 is 0 Å². The molecule has 0 saturated carbocycles. The molecule has 0 aromatic heterocycles. The van der Waals surface area contributed by atoms with Gasteiger partial charge in [-0.1, -0.05) is 48.5 Å². The van der Waals surface area contributed by atoms with Crippen molar-refractivity contribution < 1.29 is 13.1 Å². The van der Waals surface area contributed by atoms with Gasteiger partial charge < -0.3 is 8.92 Å². The first-order valence-electron chi connectivity index (χ1n) is 9.90. The van der Waals surface area contributed by atoms with Crippen LogP contribution in [0.25, 0.3) is 0 Å². The number of nitrogens with zero attached hydrogens (tertiary/aromatic N) is 1. The molecular weight excluding hydrogens is 382 g/mol. The SMILES string of the molecule is COc1ccc2c(c1OS(=O)c1ccccc1)CN1CCc3ccccc3C1C2. The summed E-state index contributed by atoms with van der Waals surface area (Å²) in [5.74, 6) is 1.23. The lowest BCUT2D eigenvalue weighted by atomic mass is 9.84. The zero-order valence-electron chi connectivity index (χ0n) is 16.3. The highest BCUT2D eigenvalue weighted by atomic mass is 32.2. The van der Waals surface area contributed by atoms with Crippen LogP contribution in [0.1, 0.15) is 28.3 Å². The molecule has 0 spiro atoms. The summed E-state index contributed by atoms with van der Waals surface area (Å²) in [6.07, 6.45) is 1.97. The highest BCUT2D eigenvalue weighted by Gasteiger charge is 2.34. The summed E-state index contributed by atoms with van der Waals surface area (Å²) in [6.45, 7) is 1.78. The van der Waals surface area contributed by atoms with Crippen LogP contribution in [-0.2, 0) is 30.5 Å². The van der Waals surface area contributed by atoms with E-state index in [9.17, 15) is 4.21 Å². The number of hydrogen-bond donors (Lipinski definition) is 0. The number of ether oxygens (including phenoxy) is 1. The molecule has 0 fully saturated rings. The fourth-order valence-electron chi connectivity index (χ4n) is 4.46. The first-order valence-corrected chi connectivity index (χ1v) is 11.0. The Bertz CT molecular complexity index is 1070. The van der Waals surface area contributed by atoms with Gasteiger partial charge in [-0.15, -0.1) is 0 Å². The smallest absolute Gasteiger partial charge is 0.240 e. The molecule has 3 aromatic rings. The maximum Gasteiger partial charge on any atom is 0.240 e. The Kier molecular flexibility index (Phi) is 4.86. The van der Waals surface area contributed by atoms with Crippen LogP contribution >= 0.6 is 0 Å². The molecule has 2 aliphatic heterocycles. The third-order valence-corrected chi connectivity index (χ3v) is 6.91. The van der Waals surface area contributed by atoms with E-state index in [0.717, 1.165) is 31.5 Å². The van der Waals surface area contributed by atoms with Crippen molar-refractivity contribution in [1.82, 2.24) is 4.90 Å². The molecule has 0 bridgehead atoms. The lowest BCUT2D eigenvalue weighted by molar-refractivity contribution is 0.159. The number of hydrogen-bond acceptors (Lipinski definition) is 4. The van der Waals surface area contributed by atoms with E-state index in [4.69, 9.17) is 8.92 Å². The fraction of sp³-hybridized carbons (Fsp3) is 0.250. The van der Waals surface area contributed by atoms with E-state index in [-0.39, 0.29) is 0 Å². The number of benzene rings is 3. The Morgan fingerprint density at radius 1 is 0.966 bits per heavy atom. The zero-order valence-corrected chi connectivity index (χ0v) is 17.2. The van der Waals surface area contributed by atoms with Gasteiger partial charge in [0.25, 0.3) is 0 Å². The standard InChI is InChI=1S/C24H23NO3S/c1-27-23-12-11-18-15-22-20-10-6-5-7-17(20)13-14-25(22)16-21(18)24(23)28-29(26)19-8-3-2-4-9-19/h2-12,22H,13-16H2,1H3. The number of methoxy groups -OCH3 is 1. The third kappa shape index (κ3) is 3.34. The molecule has 148 valence electrons. The van der Waals surface area contributed by atoms with Gasteiger partial charge in [-0.2, -0.15) is 0 Å². The molecule has 5 rings (SSSR count). The summed E-state index contributed by atoms with van der Waals surface area (Å²) in [4.78, 5) is 3.15. The lowest BCUT2D eigenvalue weighted by Crippen LogP contribution is -2.39. The minimum atomic E-state index is -1.59. The second kappa shape index (κ2) is 7.65. The van der Waals surface area contributed by atoms with Crippen molar-refractivity contribution in [2.45, 2.75) is 30.3 Å². The van der Waals surface area contributed by atoms with Crippen molar-refractivity contribution in [1.29, 1.82) is 0 Å². The Hall–Kier alpha value is -2.63. The highest BCUT2D eigenvalue weighted by molar-refractivity contribution is 7.80. The molecule has 3 aromatic carbocycles. The molecule has 5 heteroatoms. The van der Waals surface area contributed by atoms with E-state index >= 15 is 0 Å². The first-order chi connectivity index (χ1) is 14.2. The summed E-state index contributed by atoms with van der Waals surface area (Å²) in [5.41, 5.74) is 5.20. The second-order valence-corrected chi connectivity index (χ2v) is 8.61. The predicted molar refractivity (Wildman–Crippen MR) is 113 cm³/mol. The van der Waals surface area contributed by atoms with E-state index in [1.165, 1.54) is 16.7 Å². The van der Waals surface area contributed by atoms with Crippen molar-refractivity contribution in [2.24, 2.45) is 0 Å². The summed E-state index contributed by atoms with van der Waals surface area (Å²) in [5, 5.41) is 0. The van der Waals surface area contributed by atoms with Crippen LogP contribution in [0.5, 0.6) is 11.5 Å². The van der Waals surface area contributed by atoms with E-state index in [2.05, 4.69) is 35.2 Å². The fourth-order valence-corrected chi connectivity index (χ4v) is 5.27. The molecule has 4 nitrogen and oxygen atoms in total. The average Bonchev–Trinajstić information content (AvgIpc) is 2.78. The van der Waals surface area contributed by atoms with Crippen LogP contribution in [0.15, 0.2) is 71.6 Å². The Balaban J connectivity index is 1.52. The average molecular weight is 406 g/mol. The summed E-state index contributed by atoms with van der Waals surface area (Å²) in [6, 6.07) is 22.5. The Labute approximate surface area is 173 Å². The van der Waals surface area contributed by atoms with Gasteiger partial charge in [-0.25, -0.2) is 4.21 Å². The van der Waals surface area contributed by atoms with Crippen LogP contribution < -0.4 is 8.92 Å². The monoisotopic (exact) mass is 405 g/mol. The van der Waals surface area contributed by atoms with Crippen LogP contribution in [0, 0.1) is 0 Å². The van der Waals surface area contributed by atoms with Gasteiger partial charge in [0.05, 0.1) is 12.0 Å². The molecule has 0 saturated heterocycles. The molecule has 2 unspecified atom stereocenters. The van der Waals surface area contributed by atoms with Gasteiger partial charge in [-0.3, -0.25) is 4.90 Å². The van der Waals surface area contributed by atoms with E-state index < -0.39 is 11.1 Å². The molecule has 0 N–H and O–H groups in total. The highest BCUT2D eigenvalue weighted by Crippen LogP contribution is 2.44. The minimum absolute atomic E-state index is 0.383.